The van der Waals surface area contributed by atoms with Crippen LogP contribution in [-0.4, -0.2) is 18.4 Å². The minimum atomic E-state index is -0.549. The average molecular weight is 295 g/mol. The van der Waals surface area contributed by atoms with Crippen LogP contribution in [0.1, 0.15) is 5.56 Å². The molecule has 5 nitrogen and oxygen atoms in total. The second kappa shape index (κ2) is 5.73. The van der Waals surface area contributed by atoms with Gasteiger partial charge in [-0.25, -0.2) is 9.79 Å². The maximum absolute atomic E-state index is 12.0. The lowest BCUT2D eigenvalue weighted by molar-refractivity contribution is 0.414. The molecule has 0 amide bonds. The molecule has 0 fully saturated rings. The number of hydrogen-bond acceptors (Lipinski definition) is 5. The van der Waals surface area contributed by atoms with Crippen molar-refractivity contribution in [2.75, 3.05) is 7.11 Å². The van der Waals surface area contributed by atoms with Crippen molar-refractivity contribution in [2.45, 2.75) is 0 Å². The minimum absolute atomic E-state index is 0.0983. The molecule has 0 aliphatic rings. The van der Waals surface area contributed by atoms with Crippen molar-refractivity contribution in [3.63, 3.8) is 0 Å². The van der Waals surface area contributed by atoms with Crippen LogP contribution in [0.15, 0.2) is 62.7 Å². The Balaban J connectivity index is 2.03. The molecule has 1 heterocycles. The van der Waals surface area contributed by atoms with Crippen molar-refractivity contribution in [1.29, 1.82) is 0 Å². The predicted octanol–water partition coefficient (Wildman–Crippen LogP) is 3.26. The molecule has 0 aliphatic carbocycles. The molecule has 0 atom stereocenters. The summed E-state index contributed by atoms with van der Waals surface area (Å²) in [6.45, 7) is 0. The van der Waals surface area contributed by atoms with Crippen molar-refractivity contribution in [3.8, 4) is 11.5 Å². The first kappa shape index (κ1) is 13.9. The van der Waals surface area contributed by atoms with E-state index in [4.69, 9.17) is 9.15 Å². The van der Waals surface area contributed by atoms with E-state index in [-0.39, 0.29) is 11.4 Å². The van der Waals surface area contributed by atoms with Crippen LogP contribution in [0.3, 0.4) is 0 Å². The summed E-state index contributed by atoms with van der Waals surface area (Å²) in [6.07, 6.45) is 1.43. The Morgan fingerprint density at radius 2 is 2.00 bits per heavy atom. The molecular formula is C17H13NO4. The Hall–Kier alpha value is -3.08. The first-order valence-corrected chi connectivity index (χ1v) is 6.61. The van der Waals surface area contributed by atoms with Gasteiger partial charge in [0.15, 0.2) is 0 Å². The molecule has 0 spiro atoms. The number of para-hydroxylation sites is 1. The Labute approximate surface area is 126 Å². The molecule has 0 saturated carbocycles. The van der Waals surface area contributed by atoms with Crippen molar-refractivity contribution < 1.29 is 14.3 Å². The van der Waals surface area contributed by atoms with Crippen LogP contribution in [0.4, 0.5) is 5.69 Å². The second-order valence-corrected chi connectivity index (χ2v) is 4.64. The van der Waals surface area contributed by atoms with Gasteiger partial charge in [0.05, 0.1) is 7.11 Å². The summed E-state index contributed by atoms with van der Waals surface area (Å²) in [5.41, 5.74) is 0.580. The number of nitrogens with zero attached hydrogens (tertiary/aromatic N) is 1. The summed E-state index contributed by atoms with van der Waals surface area (Å²) in [5.74, 6) is 0.710. The number of aliphatic imine (C=N–C) groups is 1. The van der Waals surface area contributed by atoms with Crippen LogP contribution in [0.5, 0.6) is 11.5 Å². The minimum Gasteiger partial charge on any atom is -0.507 e. The first-order chi connectivity index (χ1) is 10.7. The molecule has 5 heteroatoms. The lowest BCUT2D eigenvalue weighted by Gasteiger charge is -2.02. The van der Waals surface area contributed by atoms with Gasteiger partial charge in [-0.1, -0.05) is 12.1 Å². The molecule has 3 aromatic rings. The molecule has 0 bridgehead atoms. The van der Waals surface area contributed by atoms with Crippen molar-refractivity contribution in [3.05, 3.63) is 64.5 Å². The monoisotopic (exact) mass is 295 g/mol. The smallest absolute Gasteiger partial charge is 0.362 e. The SMILES string of the molecule is COc1ccc2cc(N=Cc3ccccc3O)c(=O)oc2c1. The number of fused-ring (bicyclic) bond motifs is 1. The van der Waals surface area contributed by atoms with Crippen molar-refractivity contribution in [1.82, 2.24) is 0 Å². The van der Waals surface area contributed by atoms with Crippen LogP contribution in [-0.2, 0) is 0 Å². The summed E-state index contributed by atoms with van der Waals surface area (Å²) in [6, 6.07) is 13.6. The van der Waals surface area contributed by atoms with Gasteiger partial charge < -0.3 is 14.3 Å². The third-order valence-electron chi connectivity index (χ3n) is 3.20. The average Bonchev–Trinajstić information content (AvgIpc) is 2.53. The number of phenolic OH excluding ortho intramolecular Hbond substituents is 1. The molecule has 0 aliphatic heterocycles. The molecule has 2 aromatic carbocycles. The topological polar surface area (TPSA) is 72.0 Å². The first-order valence-electron chi connectivity index (χ1n) is 6.61. The Kier molecular flexibility index (Phi) is 3.62. The van der Waals surface area contributed by atoms with Gasteiger partial charge in [0.25, 0.3) is 0 Å². The van der Waals surface area contributed by atoms with Gasteiger partial charge in [0, 0.05) is 23.2 Å². The summed E-state index contributed by atoms with van der Waals surface area (Å²) in [7, 11) is 1.55. The molecule has 22 heavy (non-hydrogen) atoms. The molecule has 0 unspecified atom stereocenters. The van der Waals surface area contributed by atoms with E-state index >= 15 is 0 Å². The molecule has 3 rings (SSSR count). The zero-order valence-electron chi connectivity index (χ0n) is 11.8. The van der Waals surface area contributed by atoms with Gasteiger partial charge in [-0.2, -0.15) is 0 Å². The number of ether oxygens (including phenoxy) is 1. The Morgan fingerprint density at radius 1 is 1.18 bits per heavy atom. The summed E-state index contributed by atoms with van der Waals surface area (Å²) in [5, 5.41) is 10.4. The number of aromatic hydroxyl groups is 1. The Morgan fingerprint density at radius 3 is 2.77 bits per heavy atom. The number of hydrogen-bond donors (Lipinski definition) is 1. The van der Waals surface area contributed by atoms with Gasteiger partial charge in [-0.05, 0) is 30.3 Å². The molecule has 0 saturated heterocycles. The number of benzene rings is 2. The molecule has 1 N–H and O–H groups in total. The Bertz CT molecular complexity index is 912. The quantitative estimate of drug-likeness (QED) is 0.594. The van der Waals surface area contributed by atoms with Crippen LogP contribution in [0.2, 0.25) is 0 Å². The van der Waals surface area contributed by atoms with Gasteiger partial charge in [0.2, 0.25) is 0 Å². The van der Waals surface area contributed by atoms with E-state index in [0.29, 0.717) is 16.9 Å². The summed E-state index contributed by atoms with van der Waals surface area (Å²) < 4.78 is 10.3. The second-order valence-electron chi connectivity index (χ2n) is 4.64. The van der Waals surface area contributed by atoms with Crippen molar-refractivity contribution >= 4 is 22.9 Å². The fourth-order valence-electron chi connectivity index (χ4n) is 2.03. The highest BCUT2D eigenvalue weighted by Gasteiger charge is 2.05. The highest BCUT2D eigenvalue weighted by Crippen LogP contribution is 2.22. The number of methoxy groups -OCH3 is 1. The molecular weight excluding hydrogens is 282 g/mol. The van der Waals surface area contributed by atoms with Gasteiger partial charge in [-0.15, -0.1) is 0 Å². The number of phenols is 1. The van der Waals surface area contributed by atoms with Gasteiger partial charge in [-0.3, -0.25) is 0 Å². The zero-order chi connectivity index (χ0) is 15.5. The number of rotatable bonds is 3. The van der Waals surface area contributed by atoms with Crippen LogP contribution >= 0.6 is 0 Å². The molecule has 110 valence electrons. The highest BCUT2D eigenvalue weighted by atomic mass is 16.5. The largest absolute Gasteiger partial charge is 0.507 e. The van der Waals surface area contributed by atoms with E-state index in [2.05, 4.69) is 4.99 Å². The lowest BCUT2D eigenvalue weighted by Crippen LogP contribution is -1.98. The van der Waals surface area contributed by atoms with Gasteiger partial charge in [0.1, 0.15) is 22.8 Å². The van der Waals surface area contributed by atoms with E-state index in [1.165, 1.54) is 6.21 Å². The maximum Gasteiger partial charge on any atom is 0.362 e. The van der Waals surface area contributed by atoms with E-state index in [1.54, 1.807) is 55.6 Å². The fraction of sp³-hybridized carbons (Fsp3) is 0.0588. The van der Waals surface area contributed by atoms with E-state index in [0.717, 1.165) is 5.39 Å². The molecule has 0 radical (unpaired) electrons. The van der Waals surface area contributed by atoms with E-state index in [1.807, 2.05) is 0 Å². The van der Waals surface area contributed by atoms with E-state index in [9.17, 15) is 9.90 Å². The molecule has 1 aromatic heterocycles. The summed E-state index contributed by atoms with van der Waals surface area (Å²) >= 11 is 0. The maximum atomic E-state index is 12.0. The van der Waals surface area contributed by atoms with Crippen LogP contribution in [0.25, 0.3) is 11.0 Å². The van der Waals surface area contributed by atoms with Crippen molar-refractivity contribution in [2.24, 2.45) is 4.99 Å². The highest BCUT2D eigenvalue weighted by molar-refractivity contribution is 5.86. The normalized spacial score (nSPS) is 11.1. The van der Waals surface area contributed by atoms with E-state index < -0.39 is 5.63 Å². The predicted molar refractivity (Wildman–Crippen MR) is 84.4 cm³/mol. The fourth-order valence-corrected chi connectivity index (χ4v) is 2.03. The third kappa shape index (κ3) is 2.69. The van der Waals surface area contributed by atoms with Gasteiger partial charge >= 0.3 is 5.63 Å². The third-order valence-corrected chi connectivity index (χ3v) is 3.20. The van der Waals surface area contributed by atoms with Crippen LogP contribution in [0, 0.1) is 0 Å². The van der Waals surface area contributed by atoms with Crippen LogP contribution < -0.4 is 10.4 Å². The zero-order valence-corrected chi connectivity index (χ0v) is 11.8. The standard InChI is InChI=1S/C17H13NO4/c1-21-13-7-6-11-8-14(17(20)22-16(11)9-13)18-10-12-4-2-3-5-15(12)19/h2-10,19H,1H3. The lowest BCUT2D eigenvalue weighted by atomic mass is 10.2. The summed E-state index contributed by atoms with van der Waals surface area (Å²) in [4.78, 5) is 16.1.